The Morgan fingerprint density at radius 1 is 1.18 bits per heavy atom. The molecule has 0 saturated heterocycles. The van der Waals surface area contributed by atoms with Crippen LogP contribution in [0.4, 0.5) is 0 Å². The van der Waals surface area contributed by atoms with Gasteiger partial charge in [-0.1, -0.05) is 12.1 Å². The highest BCUT2D eigenvalue weighted by atomic mass is 16.5. The molecule has 0 bridgehead atoms. The number of aromatic nitrogens is 3. The van der Waals surface area contributed by atoms with Crippen molar-refractivity contribution < 1.29 is 4.74 Å². The van der Waals surface area contributed by atoms with Crippen molar-refractivity contribution in [3.63, 3.8) is 0 Å². The molecule has 0 amide bonds. The average Bonchev–Trinajstić information content (AvgIpc) is 2.81. The average molecular weight is 225 g/mol. The number of hydrogen-bond donors (Lipinski definition) is 1. The second-order valence-corrected chi connectivity index (χ2v) is 3.72. The molecule has 0 aliphatic heterocycles. The number of ether oxygens (including phenoxy) is 1. The molecule has 0 aliphatic carbocycles. The zero-order valence-electron chi connectivity index (χ0n) is 9.34. The Balaban J connectivity index is 2.13. The maximum absolute atomic E-state index is 5.07. The van der Waals surface area contributed by atoms with Gasteiger partial charge in [0.25, 0.3) is 6.01 Å². The third-order valence-corrected chi connectivity index (χ3v) is 2.65. The van der Waals surface area contributed by atoms with E-state index in [4.69, 9.17) is 4.74 Å². The van der Waals surface area contributed by atoms with Crippen LogP contribution in [-0.2, 0) is 0 Å². The number of benzene rings is 1. The predicted molar refractivity (Wildman–Crippen MR) is 65.9 cm³/mol. The molecular formula is C13H11N3O. The number of methoxy groups -OCH3 is 1. The van der Waals surface area contributed by atoms with Gasteiger partial charge in [-0.15, -0.1) is 0 Å². The first kappa shape index (κ1) is 9.84. The minimum Gasteiger partial charge on any atom is -0.468 e. The summed E-state index contributed by atoms with van der Waals surface area (Å²) >= 11 is 0. The van der Waals surface area contributed by atoms with Crippen molar-refractivity contribution in [1.29, 1.82) is 0 Å². The van der Waals surface area contributed by atoms with Gasteiger partial charge in [-0.05, 0) is 23.8 Å². The van der Waals surface area contributed by atoms with Gasteiger partial charge in [-0.3, -0.25) is 4.98 Å². The Morgan fingerprint density at radius 2 is 2.12 bits per heavy atom. The highest BCUT2D eigenvalue weighted by Gasteiger charge is 2.04. The zero-order valence-corrected chi connectivity index (χ0v) is 9.34. The lowest BCUT2D eigenvalue weighted by Gasteiger charge is -1.99. The molecule has 4 nitrogen and oxygen atoms in total. The van der Waals surface area contributed by atoms with Crippen LogP contribution in [-0.4, -0.2) is 22.1 Å². The van der Waals surface area contributed by atoms with E-state index in [1.54, 1.807) is 13.3 Å². The van der Waals surface area contributed by atoms with E-state index in [1.807, 2.05) is 36.5 Å². The van der Waals surface area contributed by atoms with Crippen LogP contribution in [0.5, 0.6) is 6.01 Å². The molecule has 2 aromatic heterocycles. The van der Waals surface area contributed by atoms with E-state index in [1.165, 1.54) is 0 Å². The molecule has 4 heteroatoms. The van der Waals surface area contributed by atoms with Crippen molar-refractivity contribution in [2.75, 3.05) is 7.11 Å². The van der Waals surface area contributed by atoms with E-state index in [9.17, 15) is 0 Å². The summed E-state index contributed by atoms with van der Waals surface area (Å²) in [6.07, 6.45) is 3.61. The topological polar surface area (TPSA) is 50.8 Å². The molecule has 1 aromatic carbocycles. The summed E-state index contributed by atoms with van der Waals surface area (Å²) in [5.74, 6) is 0. The molecule has 0 unspecified atom stereocenters. The van der Waals surface area contributed by atoms with Crippen LogP contribution >= 0.6 is 0 Å². The van der Waals surface area contributed by atoms with Gasteiger partial charge in [0.05, 0.1) is 18.1 Å². The van der Waals surface area contributed by atoms with Crippen molar-refractivity contribution in [2.45, 2.75) is 0 Å². The number of nitrogens with zero attached hydrogens (tertiary/aromatic N) is 2. The molecule has 0 spiro atoms. The second-order valence-electron chi connectivity index (χ2n) is 3.72. The summed E-state index contributed by atoms with van der Waals surface area (Å²) in [4.78, 5) is 11.5. The Bertz CT molecular complexity index is 646. The fourth-order valence-corrected chi connectivity index (χ4v) is 1.80. The van der Waals surface area contributed by atoms with E-state index in [-0.39, 0.29) is 0 Å². The van der Waals surface area contributed by atoms with E-state index in [0.717, 1.165) is 22.2 Å². The Kier molecular flexibility index (Phi) is 2.26. The highest BCUT2D eigenvalue weighted by molar-refractivity contribution is 5.82. The van der Waals surface area contributed by atoms with E-state index >= 15 is 0 Å². The summed E-state index contributed by atoms with van der Waals surface area (Å²) in [6.45, 7) is 0. The van der Waals surface area contributed by atoms with Crippen LogP contribution in [0.3, 0.4) is 0 Å². The number of imidazole rings is 1. The highest BCUT2D eigenvalue weighted by Crippen LogP contribution is 2.23. The van der Waals surface area contributed by atoms with Crippen molar-refractivity contribution >= 4 is 11.0 Å². The SMILES string of the molecule is COc1nc2ccc(-c3cccnc3)cc2[nH]1. The van der Waals surface area contributed by atoms with Gasteiger partial charge in [0.15, 0.2) is 0 Å². The number of pyridine rings is 1. The maximum Gasteiger partial charge on any atom is 0.294 e. The molecule has 17 heavy (non-hydrogen) atoms. The van der Waals surface area contributed by atoms with Gasteiger partial charge < -0.3 is 9.72 Å². The quantitative estimate of drug-likeness (QED) is 0.729. The fraction of sp³-hybridized carbons (Fsp3) is 0.0769. The zero-order chi connectivity index (χ0) is 11.7. The smallest absolute Gasteiger partial charge is 0.294 e. The molecule has 2 heterocycles. The molecule has 3 rings (SSSR count). The van der Waals surface area contributed by atoms with Crippen LogP contribution in [0, 0.1) is 0 Å². The standard InChI is InChI=1S/C13H11N3O/c1-17-13-15-11-5-4-9(7-12(11)16-13)10-3-2-6-14-8-10/h2-8H,1H3,(H,15,16). The number of rotatable bonds is 2. The first-order chi connectivity index (χ1) is 8.36. The van der Waals surface area contributed by atoms with Crippen molar-refractivity contribution in [2.24, 2.45) is 0 Å². The largest absolute Gasteiger partial charge is 0.468 e. The van der Waals surface area contributed by atoms with Crippen LogP contribution in [0.15, 0.2) is 42.7 Å². The maximum atomic E-state index is 5.07. The molecule has 0 atom stereocenters. The van der Waals surface area contributed by atoms with E-state index in [0.29, 0.717) is 6.01 Å². The third-order valence-electron chi connectivity index (χ3n) is 2.65. The van der Waals surface area contributed by atoms with E-state index in [2.05, 4.69) is 15.0 Å². The molecule has 0 aliphatic rings. The summed E-state index contributed by atoms with van der Waals surface area (Å²) < 4.78 is 5.07. The molecule has 0 fully saturated rings. The van der Waals surface area contributed by atoms with E-state index < -0.39 is 0 Å². The molecule has 0 saturated carbocycles. The Morgan fingerprint density at radius 3 is 2.88 bits per heavy atom. The third kappa shape index (κ3) is 1.73. The van der Waals surface area contributed by atoms with Gasteiger partial charge in [-0.2, -0.15) is 4.98 Å². The summed E-state index contributed by atoms with van der Waals surface area (Å²) in [5, 5.41) is 0. The number of fused-ring (bicyclic) bond motifs is 1. The lowest BCUT2D eigenvalue weighted by Crippen LogP contribution is -1.82. The minimum atomic E-state index is 0.531. The van der Waals surface area contributed by atoms with Gasteiger partial charge in [-0.25, -0.2) is 0 Å². The van der Waals surface area contributed by atoms with Gasteiger partial charge in [0.2, 0.25) is 0 Å². The van der Waals surface area contributed by atoms with Crippen molar-refractivity contribution in [3.05, 3.63) is 42.7 Å². The normalized spacial score (nSPS) is 10.6. The van der Waals surface area contributed by atoms with Gasteiger partial charge in [0.1, 0.15) is 0 Å². The lowest BCUT2D eigenvalue weighted by atomic mass is 10.1. The summed E-state index contributed by atoms with van der Waals surface area (Å²) in [6, 6.07) is 10.5. The van der Waals surface area contributed by atoms with Crippen molar-refractivity contribution in [1.82, 2.24) is 15.0 Å². The van der Waals surface area contributed by atoms with Gasteiger partial charge >= 0.3 is 0 Å². The number of aromatic amines is 1. The molecular weight excluding hydrogens is 214 g/mol. The fourth-order valence-electron chi connectivity index (χ4n) is 1.80. The predicted octanol–water partition coefficient (Wildman–Crippen LogP) is 2.63. The molecule has 1 N–H and O–H groups in total. The van der Waals surface area contributed by atoms with Crippen LogP contribution in [0.2, 0.25) is 0 Å². The summed E-state index contributed by atoms with van der Waals surface area (Å²) in [5.41, 5.74) is 4.05. The number of H-pyrrole nitrogens is 1. The monoisotopic (exact) mass is 225 g/mol. The number of hydrogen-bond acceptors (Lipinski definition) is 3. The molecule has 3 aromatic rings. The molecule has 0 radical (unpaired) electrons. The number of nitrogens with one attached hydrogen (secondary N) is 1. The first-order valence-electron chi connectivity index (χ1n) is 5.31. The lowest BCUT2D eigenvalue weighted by molar-refractivity contribution is 0.386. The molecule has 84 valence electrons. The van der Waals surface area contributed by atoms with Gasteiger partial charge in [0, 0.05) is 18.0 Å². The van der Waals surface area contributed by atoms with Crippen molar-refractivity contribution in [3.8, 4) is 17.1 Å². The van der Waals surface area contributed by atoms with Crippen LogP contribution < -0.4 is 4.74 Å². The minimum absolute atomic E-state index is 0.531. The summed E-state index contributed by atoms with van der Waals surface area (Å²) in [7, 11) is 1.60. The second kappa shape index (κ2) is 3.90. The Labute approximate surface area is 98.3 Å². The van der Waals surface area contributed by atoms with Crippen LogP contribution in [0.1, 0.15) is 0 Å². The van der Waals surface area contributed by atoms with Crippen LogP contribution in [0.25, 0.3) is 22.2 Å². The Hall–Kier alpha value is -2.36. The first-order valence-corrected chi connectivity index (χ1v) is 5.31.